The fourth-order valence-corrected chi connectivity index (χ4v) is 2.66. The topological polar surface area (TPSA) is 111 Å². The van der Waals surface area contributed by atoms with Crippen molar-refractivity contribution in [2.24, 2.45) is 0 Å². The summed E-state index contributed by atoms with van der Waals surface area (Å²) in [5, 5.41) is 21.7. The molecule has 0 saturated heterocycles. The number of aromatic amines is 1. The number of halogens is 2. The molecule has 0 fully saturated rings. The third kappa shape index (κ3) is 2.34. The van der Waals surface area contributed by atoms with Crippen molar-refractivity contribution in [2.75, 3.05) is 0 Å². The lowest BCUT2D eigenvalue weighted by Gasteiger charge is -2.02. The SMILES string of the molecule is N#Cc1c(-c2ccc(Cl)cc2Cl)[nH]n2c(=O)c(C(=O)O)cnc12. The number of H-pyrrole nitrogens is 1. The van der Waals surface area contributed by atoms with E-state index in [9.17, 15) is 14.9 Å². The number of aromatic nitrogens is 3. The summed E-state index contributed by atoms with van der Waals surface area (Å²) in [5.74, 6) is -1.41. The predicted molar refractivity (Wildman–Crippen MR) is 82.9 cm³/mol. The van der Waals surface area contributed by atoms with E-state index >= 15 is 0 Å². The molecule has 2 N–H and O–H groups in total. The van der Waals surface area contributed by atoms with Crippen molar-refractivity contribution in [3.05, 3.63) is 55.9 Å². The van der Waals surface area contributed by atoms with E-state index in [0.717, 1.165) is 10.7 Å². The summed E-state index contributed by atoms with van der Waals surface area (Å²) in [6.45, 7) is 0. The first-order valence-electron chi connectivity index (χ1n) is 6.16. The Hall–Kier alpha value is -2.82. The minimum absolute atomic E-state index is 0.0171. The van der Waals surface area contributed by atoms with Gasteiger partial charge in [0.1, 0.15) is 17.2 Å². The van der Waals surface area contributed by atoms with Gasteiger partial charge in [-0.25, -0.2) is 9.78 Å². The van der Waals surface area contributed by atoms with Crippen molar-refractivity contribution in [1.29, 1.82) is 5.26 Å². The summed E-state index contributed by atoms with van der Waals surface area (Å²) in [4.78, 5) is 27.1. The Morgan fingerprint density at radius 2 is 2.13 bits per heavy atom. The molecule has 2 heterocycles. The average molecular weight is 349 g/mol. The maximum Gasteiger partial charge on any atom is 0.343 e. The van der Waals surface area contributed by atoms with Gasteiger partial charge in [0.25, 0.3) is 5.56 Å². The molecule has 0 bridgehead atoms. The molecule has 0 saturated carbocycles. The number of fused-ring (bicyclic) bond motifs is 1. The highest BCUT2D eigenvalue weighted by Gasteiger charge is 2.20. The quantitative estimate of drug-likeness (QED) is 0.739. The van der Waals surface area contributed by atoms with Gasteiger partial charge in [-0.3, -0.25) is 9.89 Å². The largest absolute Gasteiger partial charge is 0.477 e. The van der Waals surface area contributed by atoms with Gasteiger partial charge in [0.2, 0.25) is 0 Å². The molecular weight excluding hydrogens is 343 g/mol. The van der Waals surface area contributed by atoms with Crippen LogP contribution in [0.5, 0.6) is 0 Å². The Kier molecular flexibility index (Phi) is 3.56. The number of carboxylic acids is 1. The Bertz CT molecular complexity index is 1060. The van der Waals surface area contributed by atoms with Crippen molar-refractivity contribution < 1.29 is 9.90 Å². The van der Waals surface area contributed by atoms with Gasteiger partial charge in [-0.05, 0) is 18.2 Å². The first-order valence-corrected chi connectivity index (χ1v) is 6.92. The summed E-state index contributed by atoms with van der Waals surface area (Å²) in [6, 6.07) is 6.59. The molecule has 0 amide bonds. The highest BCUT2D eigenvalue weighted by atomic mass is 35.5. The third-order valence-electron chi connectivity index (χ3n) is 3.20. The Balaban J connectivity index is 2.39. The zero-order valence-electron chi connectivity index (χ0n) is 11.2. The molecule has 2 aromatic heterocycles. The molecule has 0 unspecified atom stereocenters. The molecule has 0 aliphatic heterocycles. The molecule has 3 aromatic rings. The minimum atomic E-state index is -1.41. The van der Waals surface area contributed by atoms with E-state index in [1.165, 1.54) is 6.07 Å². The Labute approximate surface area is 138 Å². The summed E-state index contributed by atoms with van der Waals surface area (Å²) >= 11 is 12.0. The van der Waals surface area contributed by atoms with Gasteiger partial charge in [-0.15, -0.1) is 0 Å². The smallest absolute Gasteiger partial charge is 0.343 e. The highest BCUT2D eigenvalue weighted by molar-refractivity contribution is 6.36. The van der Waals surface area contributed by atoms with Gasteiger partial charge in [0, 0.05) is 16.8 Å². The van der Waals surface area contributed by atoms with Gasteiger partial charge in [0.05, 0.1) is 10.7 Å². The second kappa shape index (κ2) is 5.43. The number of nitriles is 1. The average Bonchev–Trinajstić information content (AvgIpc) is 2.86. The predicted octanol–water partition coefficient (Wildman–Crippen LogP) is 2.57. The number of rotatable bonds is 2. The number of hydrogen-bond donors (Lipinski definition) is 2. The van der Waals surface area contributed by atoms with Crippen LogP contribution in [0, 0.1) is 11.3 Å². The molecule has 0 atom stereocenters. The van der Waals surface area contributed by atoms with Crippen LogP contribution in [0.1, 0.15) is 15.9 Å². The Morgan fingerprint density at radius 3 is 2.74 bits per heavy atom. The lowest BCUT2D eigenvalue weighted by Crippen LogP contribution is -2.23. The molecule has 0 aliphatic carbocycles. The summed E-state index contributed by atoms with van der Waals surface area (Å²) in [7, 11) is 0. The van der Waals surface area contributed by atoms with Crippen LogP contribution in [0.3, 0.4) is 0 Å². The van der Waals surface area contributed by atoms with E-state index in [-0.39, 0.29) is 21.9 Å². The van der Waals surface area contributed by atoms with Crippen LogP contribution in [-0.2, 0) is 0 Å². The van der Waals surface area contributed by atoms with E-state index < -0.39 is 17.1 Å². The van der Waals surface area contributed by atoms with Gasteiger partial charge < -0.3 is 5.11 Å². The van der Waals surface area contributed by atoms with E-state index in [1.807, 2.05) is 6.07 Å². The second-order valence-electron chi connectivity index (χ2n) is 4.54. The normalized spacial score (nSPS) is 10.7. The number of benzene rings is 1. The fourth-order valence-electron chi connectivity index (χ4n) is 2.15. The molecule has 1 aromatic carbocycles. The standard InChI is InChI=1S/C14H6Cl2N4O3/c15-6-1-2-7(10(16)3-6)11-8(4-17)12-18-5-9(14(22)23)13(21)20(12)19-11/h1-3,5,19H,(H,22,23). The highest BCUT2D eigenvalue weighted by Crippen LogP contribution is 2.32. The van der Waals surface area contributed by atoms with Crippen molar-refractivity contribution >= 4 is 34.8 Å². The van der Waals surface area contributed by atoms with Gasteiger partial charge in [-0.1, -0.05) is 23.2 Å². The third-order valence-corrected chi connectivity index (χ3v) is 3.75. The first-order chi connectivity index (χ1) is 10.9. The van der Waals surface area contributed by atoms with Crippen LogP contribution in [0.4, 0.5) is 0 Å². The summed E-state index contributed by atoms with van der Waals surface area (Å²) in [5.41, 5.74) is -0.556. The minimum Gasteiger partial charge on any atom is -0.477 e. The number of nitrogens with one attached hydrogen (secondary N) is 1. The lowest BCUT2D eigenvalue weighted by atomic mass is 10.1. The molecular formula is C14H6Cl2N4O3. The molecule has 0 radical (unpaired) electrons. The van der Waals surface area contributed by atoms with Crippen LogP contribution < -0.4 is 5.56 Å². The van der Waals surface area contributed by atoms with E-state index in [1.54, 1.807) is 12.1 Å². The van der Waals surface area contributed by atoms with Gasteiger partial charge in [-0.2, -0.15) is 9.78 Å². The molecule has 0 spiro atoms. The maximum atomic E-state index is 12.2. The van der Waals surface area contributed by atoms with Crippen molar-refractivity contribution in [1.82, 2.24) is 14.6 Å². The fraction of sp³-hybridized carbons (Fsp3) is 0. The lowest BCUT2D eigenvalue weighted by molar-refractivity contribution is 0.0694. The second-order valence-corrected chi connectivity index (χ2v) is 5.38. The maximum absolute atomic E-state index is 12.2. The van der Waals surface area contributed by atoms with Crippen molar-refractivity contribution in [3.63, 3.8) is 0 Å². The Morgan fingerprint density at radius 1 is 1.39 bits per heavy atom. The van der Waals surface area contributed by atoms with Crippen LogP contribution >= 0.6 is 23.2 Å². The number of carbonyl (C=O) groups is 1. The number of hydrogen-bond acceptors (Lipinski definition) is 4. The van der Waals surface area contributed by atoms with E-state index in [0.29, 0.717) is 10.6 Å². The van der Waals surface area contributed by atoms with Crippen LogP contribution in [0.2, 0.25) is 10.0 Å². The molecule has 23 heavy (non-hydrogen) atoms. The van der Waals surface area contributed by atoms with E-state index in [2.05, 4.69) is 10.1 Å². The van der Waals surface area contributed by atoms with E-state index in [4.69, 9.17) is 28.3 Å². The van der Waals surface area contributed by atoms with Gasteiger partial charge in [0.15, 0.2) is 5.65 Å². The van der Waals surface area contributed by atoms with Crippen molar-refractivity contribution in [2.45, 2.75) is 0 Å². The summed E-state index contributed by atoms with van der Waals surface area (Å²) in [6.07, 6.45) is 0.919. The van der Waals surface area contributed by atoms with Crippen LogP contribution in [0.15, 0.2) is 29.2 Å². The number of carboxylic acid groups (broad SMARTS) is 1. The first kappa shape index (κ1) is 15.1. The molecule has 3 rings (SSSR count). The summed E-state index contributed by atoms with van der Waals surface area (Å²) < 4.78 is 0.905. The van der Waals surface area contributed by atoms with Crippen LogP contribution in [0.25, 0.3) is 16.9 Å². The molecule has 7 nitrogen and oxygen atoms in total. The molecule has 9 heteroatoms. The molecule has 0 aliphatic rings. The molecule has 114 valence electrons. The monoisotopic (exact) mass is 348 g/mol. The number of nitrogens with zero attached hydrogens (tertiary/aromatic N) is 3. The number of aromatic carboxylic acids is 1. The zero-order valence-corrected chi connectivity index (χ0v) is 12.7. The zero-order chi connectivity index (χ0) is 16.7. The van der Waals surface area contributed by atoms with Crippen molar-refractivity contribution in [3.8, 4) is 17.3 Å². The van der Waals surface area contributed by atoms with Gasteiger partial charge >= 0.3 is 5.97 Å². The van der Waals surface area contributed by atoms with Crippen LogP contribution in [-0.4, -0.2) is 25.7 Å².